The zero-order valence-electron chi connectivity index (χ0n) is 22.3. The Hall–Kier alpha value is -3.18. The highest BCUT2D eigenvalue weighted by atomic mass is 16.2. The van der Waals surface area contributed by atoms with Crippen LogP contribution in [-0.4, -0.2) is 83.6 Å². The summed E-state index contributed by atoms with van der Waals surface area (Å²) in [6.07, 6.45) is 0.530. The third kappa shape index (κ3) is 9.91. The number of likely N-dealkylation sites (N-methyl/N-ethyl adjacent to an activating group) is 2. The minimum atomic E-state index is -1.07. The number of nitrogens with one attached hydrogen (secondary N) is 3. The first-order valence-electron chi connectivity index (χ1n) is 11.8. The van der Waals surface area contributed by atoms with Crippen molar-refractivity contribution in [1.82, 2.24) is 25.8 Å². The Morgan fingerprint density at radius 2 is 1.34 bits per heavy atom. The lowest BCUT2D eigenvalue weighted by molar-refractivity contribution is -0.143. The third-order valence-electron chi connectivity index (χ3n) is 5.51. The Balaban J connectivity index is 5.69. The van der Waals surface area contributed by atoms with Gasteiger partial charge in [-0.1, -0.05) is 34.6 Å². The molecule has 0 aromatic carbocycles. The van der Waals surface area contributed by atoms with E-state index in [1.807, 2.05) is 13.8 Å². The van der Waals surface area contributed by atoms with E-state index in [-0.39, 0.29) is 18.2 Å². The summed E-state index contributed by atoms with van der Waals surface area (Å²) in [7, 11) is 2.70. The number of imide groups is 1. The molecular formula is C23H42N6O6. The Morgan fingerprint density at radius 3 is 1.77 bits per heavy atom. The van der Waals surface area contributed by atoms with E-state index >= 15 is 0 Å². The van der Waals surface area contributed by atoms with Crippen LogP contribution in [0.25, 0.3) is 0 Å². The van der Waals surface area contributed by atoms with Crippen molar-refractivity contribution in [3.05, 3.63) is 0 Å². The number of hydrogen-bond donors (Lipinski definition) is 4. The second kappa shape index (κ2) is 14.3. The van der Waals surface area contributed by atoms with Crippen molar-refractivity contribution in [3.8, 4) is 0 Å². The molecule has 12 nitrogen and oxygen atoms in total. The molecule has 4 atom stereocenters. The summed E-state index contributed by atoms with van der Waals surface area (Å²) >= 11 is 0. The smallest absolute Gasteiger partial charge is 0.324 e. The third-order valence-corrected chi connectivity index (χ3v) is 5.51. The first-order chi connectivity index (χ1) is 16.0. The van der Waals surface area contributed by atoms with Crippen LogP contribution >= 0.6 is 0 Å². The Labute approximate surface area is 207 Å². The van der Waals surface area contributed by atoms with E-state index < -0.39 is 59.7 Å². The maximum Gasteiger partial charge on any atom is 0.324 e. The van der Waals surface area contributed by atoms with Crippen molar-refractivity contribution in [2.45, 2.75) is 85.5 Å². The number of nitrogens with zero attached hydrogens (tertiary/aromatic N) is 2. The number of hydrogen-bond acceptors (Lipinski definition) is 6. The highest BCUT2D eigenvalue weighted by molar-refractivity contribution is 6.00. The number of urea groups is 1. The average Bonchev–Trinajstić information content (AvgIpc) is 2.77. The number of primary amides is 1. The van der Waals surface area contributed by atoms with E-state index in [9.17, 15) is 28.8 Å². The van der Waals surface area contributed by atoms with Gasteiger partial charge in [0.2, 0.25) is 23.6 Å². The van der Waals surface area contributed by atoms with Crippen LogP contribution in [-0.2, 0) is 24.0 Å². The highest BCUT2D eigenvalue weighted by Crippen LogP contribution is 2.14. The summed E-state index contributed by atoms with van der Waals surface area (Å²) in [4.78, 5) is 76.5. The summed E-state index contributed by atoms with van der Waals surface area (Å²) in [5, 5.41) is 7.58. The lowest BCUT2D eigenvalue weighted by Gasteiger charge is -2.33. The fraction of sp³-hybridized carbons (Fsp3) is 0.739. The summed E-state index contributed by atoms with van der Waals surface area (Å²) in [6, 6.07) is -4.65. The van der Waals surface area contributed by atoms with Crippen molar-refractivity contribution < 1.29 is 28.8 Å². The van der Waals surface area contributed by atoms with Gasteiger partial charge in [0.05, 0.1) is 0 Å². The molecule has 0 bridgehead atoms. The molecule has 0 aliphatic heterocycles. The van der Waals surface area contributed by atoms with Gasteiger partial charge in [-0.25, -0.2) is 4.79 Å². The van der Waals surface area contributed by atoms with Gasteiger partial charge in [0.1, 0.15) is 24.2 Å². The largest absolute Gasteiger partial charge is 0.368 e. The normalized spacial score (nSPS) is 14.4. The lowest BCUT2D eigenvalue weighted by atomic mass is 9.98. The fourth-order valence-electron chi connectivity index (χ4n) is 3.18. The van der Waals surface area contributed by atoms with Crippen LogP contribution in [0.4, 0.5) is 4.79 Å². The number of carbonyl (C=O) groups excluding carboxylic acids is 6. The zero-order valence-corrected chi connectivity index (χ0v) is 22.3. The van der Waals surface area contributed by atoms with Gasteiger partial charge in [0, 0.05) is 20.5 Å². The number of amides is 7. The molecule has 7 amide bonds. The number of carbonyl (C=O) groups is 6. The molecule has 0 heterocycles. The highest BCUT2D eigenvalue weighted by Gasteiger charge is 2.35. The molecular weight excluding hydrogens is 456 g/mol. The molecule has 0 radical (unpaired) electrons. The van der Waals surface area contributed by atoms with Crippen LogP contribution in [0.1, 0.15) is 61.3 Å². The summed E-state index contributed by atoms with van der Waals surface area (Å²) < 4.78 is 0. The second-order valence-corrected chi connectivity index (χ2v) is 9.44. The van der Waals surface area contributed by atoms with Crippen LogP contribution in [0.3, 0.4) is 0 Å². The number of rotatable bonds is 12. The molecule has 0 unspecified atom stereocenters. The standard InChI is InChI=1S/C23H42N6O6/c1-10-17(30)25-15(7)21(33)28(8)16(11-12(2)3)20(32)27-18(13(4)5)22(34)29(9)23(35)26-14(6)19(24)31/h12-16,18H,10-11H2,1-9H3,(H2,24,31)(H,25,30)(H,26,35)(H,27,32)/t14-,15+,16-,18-/m0/s1. The van der Waals surface area contributed by atoms with Crippen molar-refractivity contribution >= 4 is 35.6 Å². The van der Waals surface area contributed by atoms with Crippen LogP contribution in [0, 0.1) is 11.8 Å². The van der Waals surface area contributed by atoms with E-state index in [1.54, 1.807) is 20.8 Å². The molecule has 0 aliphatic carbocycles. The lowest BCUT2D eigenvalue weighted by Crippen LogP contribution is -2.59. The quantitative estimate of drug-likeness (QED) is 0.294. The molecule has 5 N–H and O–H groups in total. The van der Waals surface area contributed by atoms with E-state index in [4.69, 9.17) is 5.73 Å². The Morgan fingerprint density at radius 1 is 0.800 bits per heavy atom. The van der Waals surface area contributed by atoms with Crippen molar-refractivity contribution in [3.63, 3.8) is 0 Å². The predicted octanol–water partition coefficient (Wildman–Crippen LogP) is -0.0432. The van der Waals surface area contributed by atoms with Gasteiger partial charge in [0.15, 0.2) is 0 Å². The molecule has 0 spiro atoms. The Bertz CT molecular complexity index is 799. The first-order valence-corrected chi connectivity index (χ1v) is 11.8. The molecule has 200 valence electrons. The maximum absolute atomic E-state index is 13.3. The van der Waals surface area contributed by atoms with Gasteiger partial charge in [0.25, 0.3) is 5.91 Å². The van der Waals surface area contributed by atoms with Crippen LogP contribution in [0.2, 0.25) is 0 Å². The molecule has 0 aliphatic rings. The Kier molecular flexibility index (Phi) is 13.0. The van der Waals surface area contributed by atoms with E-state index in [0.717, 1.165) is 4.90 Å². The van der Waals surface area contributed by atoms with E-state index in [1.165, 1.54) is 32.8 Å². The second-order valence-electron chi connectivity index (χ2n) is 9.44. The van der Waals surface area contributed by atoms with E-state index in [2.05, 4.69) is 16.0 Å². The van der Waals surface area contributed by atoms with Crippen LogP contribution in [0.15, 0.2) is 0 Å². The van der Waals surface area contributed by atoms with Crippen molar-refractivity contribution in [2.24, 2.45) is 17.6 Å². The van der Waals surface area contributed by atoms with Gasteiger partial charge < -0.3 is 26.6 Å². The maximum atomic E-state index is 13.3. The number of nitrogens with two attached hydrogens (primary N) is 1. The summed E-state index contributed by atoms with van der Waals surface area (Å²) in [5.41, 5.74) is 5.15. The molecule has 12 heteroatoms. The minimum absolute atomic E-state index is 0.0403. The summed E-state index contributed by atoms with van der Waals surface area (Å²) in [5.74, 6) is -3.10. The van der Waals surface area contributed by atoms with Gasteiger partial charge in [-0.05, 0) is 32.1 Å². The molecule has 0 saturated heterocycles. The molecule has 0 fully saturated rings. The zero-order chi connectivity index (χ0) is 27.6. The van der Waals surface area contributed by atoms with E-state index in [0.29, 0.717) is 6.42 Å². The molecule has 0 rings (SSSR count). The molecule has 0 aromatic heterocycles. The monoisotopic (exact) mass is 498 g/mol. The van der Waals surface area contributed by atoms with Crippen LogP contribution in [0.5, 0.6) is 0 Å². The topological polar surface area (TPSA) is 171 Å². The fourth-order valence-corrected chi connectivity index (χ4v) is 3.18. The van der Waals surface area contributed by atoms with Crippen LogP contribution < -0.4 is 21.7 Å². The van der Waals surface area contributed by atoms with Gasteiger partial charge in [-0.2, -0.15) is 0 Å². The first kappa shape index (κ1) is 31.8. The van der Waals surface area contributed by atoms with Crippen molar-refractivity contribution in [2.75, 3.05) is 14.1 Å². The molecule has 35 heavy (non-hydrogen) atoms. The predicted molar refractivity (Wildman–Crippen MR) is 131 cm³/mol. The molecule has 0 aromatic rings. The minimum Gasteiger partial charge on any atom is -0.368 e. The van der Waals surface area contributed by atoms with Gasteiger partial charge in [-0.3, -0.25) is 28.9 Å². The van der Waals surface area contributed by atoms with Crippen molar-refractivity contribution in [1.29, 1.82) is 0 Å². The average molecular weight is 499 g/mol. The van der Waals surface area contributed by atoms with Gasteiger partial charge >= 0.3 is 6.03 Å². The molecule has 0 saturated carbocycles. The SMILES string of the molecule is CCC(=O)N[C@H](C)C(=O)N(C)[C@@H](CC(C)C)C(=O)N[C@H](C(=O)N(C)C(=O)N[C@@H](C)C(N)=O)C(C)C. The van der Waals surface area contributed by atoms with Gasteiger partial charge in [-0.15, -0.1) is 0 Å². The summed E-state index contributed by atoms with van der Waals surface area (Å²) in [6.45, 7) is 11.8.